The van der Waals surface area contributed by atoms with Gasteiger partial charge in [0.1, 0.15) is 17.5 Å². The second kappa shape index (κ2) is 8.98. The predicted molar refractivity (Wildman–Crippen MR) is 119 cm³/mol. The van der Waals surface area contributed by atoms with Crippen LogP contribution in [0, 0.1) is 17.2 Å². The first-order valence-electron chi connectivity index (χ1n) is 10.2. The Bertz CT molecular complexity index is 1140. The summed E-state index contributed by atoms with van der Waals surface area (Å²) in [7, 11) is 3.16. The number of anilines is 1. The number of hydrogen-bond acceptors (Lipinski definition) is 6. The largest absolute Gasteiger partial charge is 0.493 e. The fraction of sp³-hybridized carbons (Fsp3) is 0.240. The molecule has 0 aliphatic heterocycles. The van der Waals surface area contributed by atoms with Gasteiger partial charge in [-0.25, -0.2) is 4.98 Å². The molecule has 0 spiro atoms. The fourth-order valence-electron chi connectivity index (χ4n) is 3.86. The van der Waals surface area contributed by atoms with Crippen LogP contribution in [0.15, 0.2) is 66.9 Å². The molecule has 1 saturated carbocycles. The van der Waals surface area contributed by atoms with E-state index in [1.807, 2.05) is 42.5 Å². The number of ether oxygens (including phenoxy) is 3. The van der Waals surface area contributed by atoms with Crippen molar-refractivity contribution in [2.75, 3.05) is 26.1 Å². The molecule has 2 unspecified atom stereocenters. The first kappa shape index (κ1) is 21.2. The second-order valence-corrected chi connectivity index (χ2v) is 7.62. The number of carbonyl (C=O) groups is 1. The quantitative estimate of drug-likeness (QED) is 0.583. The van der Waals surface area contributed by atoms with Gasteiger partial charge in [0.2, 0.25) is 5.91 Å². The summed E-state index contributed by atoms with van der Waals surface area (Å²) in [6.45, 7) is 0.343. The molecule has 0 radical (unpaired) electrons. The Labute approximate surface area is 186 Å². The third-order valence-electron chi connectivity index (χ3n) is 5.74. The molecule has 1 fully saturated rings. The normalized spacial score (nSPS) is 18.8. The molecule has 0 bridgehead atoms. The lowest BCUT2D eigenvalue weighted by molar-refractivity contribution is -0.117. The molecule has 2 aromatic carbocycles. The lowest BCUT2D eigenvalue weighted by Gasteiger charge is -2.19. The minimum absolute atomic E-state index is 0.101. The van der Waals surface area contributed by atoms with E-state index in [4.69, 9.17) is 19.5 Å². The second-order valence-electron chi connectivity index (χ2n) is 7.62. The van der Waals surface area contributed by atoms with Crippen LogP contribution < -0.4 is 19.5 Å². The lowest BCUT2D eigenvalue weighted by atomic mass is 9.93. The van der Waals surface area contributed by atoms with Crippen LogP contribution in [0.25, 0.3) is 0 Å². The van der Waals surface area contributed by atoms with Gasteiger partial charge in [0.25, 0.3) is 0 Å². The van der Waals surface area contributed by atoms with Crippen LogP contribution in [0.4, 0.5) is 5.69 Å². The number of pyridine rings is 1. The van der Waals surface area contributed by atoms with E-state index in [0.29, 0.717) is 41.7 Å². The zero-order valence-electron chi connectivity index (χ0n) is 17.9. The van der Waals surface area contributed by atoms with Crippen molar-refractivity contribution in [3.05, 3.63) is 78.1 Å². The molecular formula is C25H23N3O4. The number of nitriles is 1. The van der Waals surface area contributed by atoms with Gasteiger partial charge in [-0.05, 0) is 36.2 Å². The summed E-state index contributed by atoms with van der Waals surface area (Å²) in [5, 5.41) is 11.8. The molecule has 7 heteroatoms. The van der Waals surface area contributed by atoms with Crippen molar-refractivity contribution < 1.29 is 19.0 Å². The molecule has 7 nitrogen and oxygen atoms in total. The summed E-state index contributed by atoms with van der Waals surface area (Å²) < 4.78 is 16.8. The van der Waals surface area contributed by atoms with E-state index in [-0.39, 0.29) is 11.8 Å². The van der Waals surface area contributed by atoms with Crippen LogP contribution in [0.5, 0.6) is 17.2 Å². The molecule has 2 atom stereocenters. The van der Waals surface area contributed by atoms with Crippen molar-refractivity contribution in [1.29, 1.82) is 5.26 Å². The number of hydrogen-bond donors (Lipinski definition) is 1. The van der Waals surface area contributed by atoms with E-state index in [9.17, 15) is 4.79 Å². The van der Waals surface area contributed by atoms with Gasteiger partial charge in [-0.1, -0.05) is 30.3 Å². The first-order valence-corrected chi connectivity index (χ1v) is 10.2. The number of amides is 1. The van der Waals surface area contributed by atoms with Gasteiger partial charge < -0.3 is 19.5 Å². The maximum absolute atomic E-state index is 13.0. The third-order valence-corrected chi connectivity index (χ3v) is 5.74. The molecule has 0 saturated heterocycles. The smallest absolute Gasteiger partial charge is 0.228 e. The van der Waals surface area contributed by atoms with E-state index < -0.39 is 5.41 Å². The van der Waals surface area contributed by atoms with Crippen molar-refractivity contribution in [2.45, 2.75) is 11.8 Å². The minimum atomic E-state index is -0.432. The SMILES string of the molecule is COc1ccc(OCC2(c3ccccc3)CC2C(=O)Nc2ccc(C#N)nc2)cc1OC. The summed E-state index contributed by atoms with van der Waals surface area (Å²) in [5.41, 5.74) is 1.48. The zero-order chi connectivity index (χ0) is 22.6. The Morgan fingerprint density at radius 1 is 1.12 bits per heavy atom. The number of benzene rings is 2. The molecule has 1 heterocycles. The molecule has 1 aromatic heterocycles. The molecule has 1 aliphatic rings. The highest BCUT2D eigenvalue weighted by Gasteiger charge is 2.60. The van der Waals surface area contributed by atoms with Gasteiger partial charge in [-0.15, -0.1) is 0 Å². The zero-order valence-corrected chi connectivity index (χ0v) is 17.9. The van der Waals surface area contributed by atoms with Gasteiger partial charge in [-0.3, -0.25) is 4.79 Å². The van der Waals surface area contributed by atoms with E-state index in [1.54, 1.807) is 38.5 Å². The van der Waals surface area contributed by atoms with Crippen LogP contribution in [0.2, 0.25) is 0 Å². The topological polar surface area (TPSA) is 93.5 Å². The number of carbonyl (C=O) groups excluding carboxylic acids is 1. The Kier molecular flexibility index (Phi) is 5.95. The van der Waals surface area contributed by atoms with Crippen LogP contribution in [0.3, 0.4) is 0 Å². The average molecular weight is 429 g/mol. The number of aromatic nitrogens is 1. The van der Waals surface area contributed by atoms with E-state index in [2.05, 4.69) is 10.3 Å². The average Bonchev–Trinajstić information content (AvgIpc) is 3.59. The predicted octanol–water partition coefficient (Wildman–Crippen LogP) is 3.95. The van der Waals surface area contributed by atoms with Crippen molar-refractivity contribution in [3.8, 4) is 23.3 Å². The Hall–Kier alpha value is -4.05. The molecule has 1 aliphatic carbocycles. The van der Waals surface area contributed by atoms with Crippen LogP contribution in [0.1, 0.15) is 17.7 Å². The number of methoxy groups -OCH3 is 2. The lowest BCUT2D eigenvalue weighted by Crippen LogP contribution is -2.26. The minimum Gasteiger partial charge on any atom is -0.493 e. The van der Waals surface area contributed by atoms with Crippen molar-refractivity contribution in [1.82, 2.24) is 4.98 Å². The fourth-order valence-corrected chi connectivity index (χ4v) is 3.86. The highest BCUT2D eigenvalue weighted by molar-refractivity contribution is 5.96. The number of nitrogens with zero attached hydrogens (tertiary/aromatic N) is 2. The van der Waals surface area contributed by atoms with Crippen molar-refractivity contribution >= 4 is 11.6 Å². The van der Waals surface area contributed by atoms with E-state index in [1.165, 1.54) is 6.20 Å². The van der Waals surface area contributed by atoms with Gasteiger partial charge in [-0.2, -0.15) is 5.26 Å². The summed E-state index contributed by atoms with van der Waals surface area (Å²) in [5.74, 6) is 1.49. The molecule has 1 N–H and O–H groups in total. The Balaban J connectivity index is 1.52. The molecule has 4 rings (SSSR count). The van der Waals surface area contributed by atoms with Crippen molar-refractivity contribution in [3.63, 3.8) is 0 Å². The molecular weight excluding hydrogens is 406 g/mol. The summed E-state index contributed by atoms with van der Waals surface area (Å²) in [6.07, 6.45) is 2.16. The molecule has 32 heavy (non-hydrogen) atoms. The van der Waals surface area contributed by atoms with E-state index in [0.717, 1.165) is 5.56 Å². The number of rotatable bonds is 8. The van der Waals surface area contributed by atoms with Gasteiger partial charge in [0, 0.05) is 11.5 Å². The van der Waals surface area contributed by atoms with E-state index >= 15 is 0 Å². The maximum atomic E-state index is 13.0. The highest BCUT2D eigenvalue weighted by atomic mass is 16.5. The molecule has 162 valence electrons. The Morgan fingerprint density at radius 2 is 1.91 bits per heavy atom. The summed E-state index contributed by atoms with van der Waals surface area (Å²) in [4.78, 5) is 17.0. The standard InChI is InChI=1S/C25H23N3O4/c1-30-22-11-10-20(12-23(22)31-2)32-16-25(17-6-4-3-5-7-17)13-21(25)24(29)28-19-9-8-18(14-26)27-15-19/h3-12,15,21H,13,16H2,1-2H3,(H,28,29). The summed E-state index contributed by atoms with van der Waals surface area (Å²) in [6, 6.07) is 20.5. The monoisotopic (exact) mass is 429 g/mol. The maximum Gasteiger partial charge on any atom is 0.228 e. The molecule has 1 amide bonds. The van der Waals surface area contributed by atoms with Gasteiger partial charge >= 0.3 is 0 Å². The van der Waals surface area contributed by atoms with Crippen molar-refractivity contribution in [2.24, 2.45) is 5.92 Å². The van der Waals surface area contributed by atoms with Crippen LogP contribution in [-0.4, -0.2) is 31.7 Å². The Morgan fingerprint density at radius 3 is 2.56 bits per heavy atom. The number of nitrogens with one attached hydrogen (secondary N) is 1. The first-order chi connectivity index (χ1) is 15.6. The molecule has 3 aromatic rings. The van der Waals surface area contributed by atoms with Crippen LogP contribution in [-0.2, 0) is 10.2 Å². The van der Waals surface area contributed by atoms with Crippen LogP contribution >= 0.6 is 0 Å². The summed E-state index contributed by atoms with van der Waals surface area (Å²) >= 11 is 0. The highest BCUT2D eigenvalue weighted by Crippen LogP contribution is 2.55. The van der Waals surface area contributed by atoms with Gasteiger partial charge in [0.05, 0.1) is 38.6 Å². The third kappa shape index (κ3) is 4.21. The van der Waals surface area contributed by atoms with Gasteiger partial charge in [0.15, 0.2) is 11.5 Å².